The second kappa shape index (κ2) is 7.10. The molecule has 84 valence electrons. The van der Waals surface area contributed by atoms with Gasteiger partial charge in [-0.05, 0) is 36.5 Å². The number of rotatable bonds is 6. The molecule has 1 rings (SSSR count). The average molecular weight is 247 g/mol. The van der Waals surface area contributed by atoms with Crippen molar-refractivity contribution in [2.45, 2.75) is 12.8 Å². The number of ether oxygens (including phenoxy) is 1. The van der Waals surface area contributed by atoms with Gasteiger partial charge >= 0.3 is 0 Å². The van der Waals surface area contributed by atoms with Crippen LogP contribution in [0.2, 0.25) is 5.02 Å². The molecule has 3 heteroatoms. The fourth-order valence-electron chi connectivity index (χ4n) is 1.52. The van der Waals surface area contributed by atoms with Gasteiger partial charge in [-0.3, -0.25) is 0 Å². The molecule has 0 aliphatic heterocycles. The number of halogens is 2. The van der Waals surface area contributed by atoms with Crippen LogP contribution in [0.3, 0.4) is 0 Å². The zero-order valence-electron chi connectivity index (χ0n) is 8.88. The molecule has 0 aliphatic rings. The lowest BCUT2D eigenvalue weighted by molar-refractivity contribution is 0.180. The molecule has 0 heterocycles. The fraction of sp³-hybridized carbons (Fsp3) is 0.500. The fourth-order valence-corrected chi connectivity index (χ4v) is 1.99. The third-order valence-electron chi connectivity index (χ3n) is 2.36. The predicted molar refractivity (Wildman–Crippen MR) is 65.9 cm³/mol. The van der Waals surface area contributed by atoms with E-state index in [0.717, 1.165) is 24.5 Å². The van der Waals surface area contributed by atoms with E-state index in [4.69, 9.17) is 27.9 Å². The van der Waals surface area contributed by atoms with Crippen LogP contribution in [0.4, 0.5) is 0 Å². The summed E-state index contributed by atoms with van der Waals surface area (Å²) < 4.78 is 5.05. The van der Waals surface area contributed by atoms with E-state index in [1.165, 1.54) is 5.56 Å². The molecule has 0 fully saturated rings. The smallest absolute Gasteiger partial charge is 0.0465 e. The SMILES string of the molecule is COCCC(CCl)Cc1cccc(Cl)c1. The van der Waals surface area contributed by atoms with E-state index in [0.29, 0.717) is 11.8 Å². The van der Waals surface area contributed by atoms with Crippen LogP contribution in [0.25, 0.3) is 0 Å². The normalized spacial score (nSPS) is 12.7. The molecule has 15 heavy (non-hydrogen) atoms. The molecule has 0 spiro atoms. The summed E-state index contributed by atoms with van der Waals surface area (Å²) >= 11 is 11.8. The van der Waals surface area contributed by atoms with Gasteiger partial charge in [-0.1, -0.05) is 23.7 Å². The van der Waals surface area contributed by atoms with Gasteiger partial charge in [0.2, 0.25) is 0 Å². The van der Waals surface area contributed by atoms with Gasteiger partial charge in [0.05, 0.1) is 0 Å². The second-order valence-corrected chi connectivity index (χ2v) is 4.38. The van der Waals surface area contributed by atoms with E-state index in [1.54, 1.807) is 7.11 Å². The van der Waals surface area contributed by atoms with Crippen molar-refractivity contribution < 1.29 is 4.74 Å². The van der Waals surface area contributed by atoms with E-state index < -0.39 is 0 Å². The molecule has 1 unspecified atom stereocenters. The minimum atomic E-state index is 0.463. The Labute approximate surface area is 101 Å². The summed E-state index contributed by atoms with van der Waals surface area (Å²) in [5.74, 6) is 1.13. The zero-order chi connectivity index (χ0) is 11.1. The third kappa shape index (κ3) is 4.87. The van der Waals surface area contributed by atoms with Gasteiger partial charge in [0, 0.05) is 24.6 Å². The quantitative estimate of drug-likeness (QED) is 0.695. The first-order valence-corrected chi connectivity index (χ1v) is 5.97. The van der Waals surface area contributed by atoms with Gasteiger partial charge in [-0.2, -0.15) is 0 Å². The van der Waals surface area contributed by atoms with Crippen molar-refractivity contribution in [3.63, 3.8) is 0 Å². The Balaban J connectivity index is 2.50. The van der Waals surface area contributed by atoms with Crippen molar-refractivity contribution in [3.05, 3.63) is 34.9 Å². The highest BCUT2D eigenvalue weighted by atomic mass is 35.5. The van der Waals surface area contributed by atoms with E-state index in [-0.39, 0.29) is 0 Å². The van der Waals surface area contributed by atoms with Crippen molar-refractivity contribution in [2.75, 3.05) is 19.6 Å². The van der Waals surface area contributed by atoms with Crippen LogP contribution in [-0.2, 0) is 11.2 Å². The number of benzene rings is 1. The summed E-state index contributed by atoms with van der Waals surface area (Å²) in [7, 11) is 1.71. The van der Waals surface area contributed by atoms with Crippen LogP contribution in [0, 0.1) is 5.92 Å². The van der Waals surface area contributed by atoms with Crippen LogP contribution in [0.15, 0.2) is 24.3 Å². The molecule has 0 N–H and O–H groups in total. The maximum Gasteiger partial charge on any atom is 0.0465 e. The third-order valence-corrected chi connectivity index (χ3v) is 3.03. The van der Waals surface area contributed by atoms with Gasteiger partial charge < -0.3 is 4.74 Å². The lowest BCUT2D eigenvalue weighted by Gasteiger charge is -2.13. The summed E-state index contributed by atoms with van der Waals surface area (Å²) in [5.41, 5.74) is 1.24. The number of hydrogen-bond donors (Lipinski definition) is 0. The molecule has 0 saturated heterocycles. The van der Waals surface area contributed by atoms with Crippen molar-refractivity contribution in [1.82, 2.24) is 0 Å². The van der Waals surface area contributed by atoms with Crippen molar-refractivity contribution in [1.29, 1.82) is 0 Å². The Morgan fingerprint density at radius 2 is 2.20 bits per heavy atom. The Kier molecular flexibility index (Phi) is 6.07. The Morgan fingerprint density at radius 1 is 1.40 bits per heavy atom. The van der Waals surface area contributed by atoms with Crippen molar-refractivity contribution in [3.8, 4) is 0 Å². The first-order chi connectivity index (χ1) is 7.26. The minimum absolute atomic E-state index is 0.463. The predicted octanol–water partition coefficient (Wildman–Crippen LogP) is 3.77. The summed E-state index contributed by atoms with van der Waals surface area (Å²) in [4.78, 5) is 0. The Morgan fingerprint density at radius 3 is 2.80 bits per heavy atom. The van der Waals surface area contributed by atoms with Crippen molar-refractivity contribution >= 4 is 23.2 Å². The van der Waals surface area contributed by atoms with Gasteiger partial charge in [-0.15, -0.1) is 11.6 Å². The van der Waals surface area contributed by atoms with E-state index in [1.807, 2.05) is 18.2 Å². The Hall–Kier alpha value is -0.240. The molecule has 0 saturated carbocycles. The monoisotopic (exact) mass is 246 g/mol. The van der Waals surface area contributed by atoms with E-state index in [2.05, 4.69) is 6.07 Å². The topological polar surface area (TPSA) is 9.23 Å². The highest BCUT2D eigenvalue weighted by molar-refractivity contribution is 6.30. The first-order valence-electron chi connectivity index (χ1n) is 5.05. The highest BCUT2D eigenvalue weighted by Crippen LogP contribution is 2.17. The molecule has 0 aromatic heterocycles. The minimum Gasteiger partial charge on any atom is -0.385 e. The zero-order valence-corrected chi connectivity index (χ0v) is 10.4. The molecule has 0 bridgehead atoms. The molecule has 1 atom stereocenters. The van der Waals surface area contributed by atoms with E-state index >= 15 is 0 Å². The maximum absolute atomic E-state index is 5.92. The lowest BCUT2D eigenvalue weighted by Crippen LogP contribution is -2.09. The van der Waals surface area contributed by atoms with Gasteiger partial charge in [-0.25, -0.2) is 0 Å². The van der Waals surface area contributed by atoms with Crippen LogP contribution in [0.1, 0.15) is 12.0 Å². The summed E-state index contributed by atoms with van der Waals surface area (Å²) in [6.07, 6.45) is 1.96. The van der Waals surface area contributed by atoms with Crippen molar-refractivity contribution in [2.24, 2.45) is 5.92 Å². The highest BCUT2D eigenvalue weighted by Gasteiger charge is 2.08. The molecular formula is C12H16Cl2O. The molecule has 1 nitrogen and oxygen atoms in total. The Bertz CT molecular complexity index is 289. The number of hydrogen-bond acceptors (Lipinski definition) is 1. The largest absolute Gasteiger partial charge is 0.385 e. The maximum atomic E-state index is 5.92. The van der Waals surface area contributed by atoms with Crippen LogP contribution < -0.4 is 0 Å². The lowest BCUT2D eigenvalue weighted by atomic mass is 9.98. The molecule has 0 radical (unpaired) electrons. The van der Waals surface area contributed by atoms with Crippen LogP contribution in [0.5, 0.6) is 0 Å². The molecule has 1 aromatic rings. The summed E-state index contributed by atoms with van der Waals surface area (Å²) in [5, 5.41) is 0.785. The molecule has 0 amide bonds. The first kappa shape index (κ1) is 12.8. The van der Waals surface area contributed by atoms with E-state index in [9.17, 15) is 0 Å². The van der Waals surface area contributed by atoms with Gasteiger partial charge in [0.15, 0.2) is 0 Å². The second-order valence-electron chi connectivity index (χ2n) is 3.64. The van der Waals surface area contributed by atoms with Crippen LogP contribution in [-0.4, -0.2) is 19.6 Å². The average Bonchev–Trinajstić information content (AvgIpc) is 2.24. The summed E-state index contributed by atoms with van der Waals surface area (Å²) in [6.45, 7) is 0.762. The summed E-state index contributed by atoms with van der Waals surface area (Å²) in [6, 6.07) is 7.93. The molecule has 0 aliphatic carbocycles. The standard InChI is InChI=1S/C12H16Cl2O/c1-15-6-5-11(9-13)7-10-3-2-4-12(14)8-10/h2-4,8,11H,5-7,9H2,1H3. The van der Waals surface area contributed by atoms with Gasteiger partial charge in [0.1, 0.15) is 0 Å². The van der Waals surface area contributed by atoms with Gasteiger partial charge in [0.25, 0.3) is 0 Å². The molecular weight excluding hydrogens is 231 g/mol. The number of methoxy groups -OCH3 is 1. The molecule has 1 aromatic carbocycles. The number of alkyl halides is 1. The van der Waals surface area contributed by atoms with Crippen LogP contribution >= 0.6 is 23.2 Å².